The quantitative estimate of drug-likeness (QED) is 0.748. The molecule has 0 spiro atoms. The Hall–Kier alpha value is -1.16. The molecule has 0 aromatic carbocycles. The zero-order valence-corrected chi connectivity index (χ0v) is 13.5. The molecule has 1 N–H and O–H groups in total. The van der Waals surface area contributed by atoms with E-state index in [4.69, 9.17) is 0 Å². The molecule has 0 radical (unpaired) electrons. The highest BCUT2D eigenvalue weighted by atomic mass is 16.1. The van der Waals surface area contributed by atoms with Crippen LogP contribution in [0, 0.1) is 0 Å². The van der Waals surface area contributed by atoms with Gasteiger partial charge in [-0.15, -0.1) is 0 Å². The molecule has 2 rings (SSSR count). The van der Waals surface area contributed by atoms with Gasteiger partial charge in [-0.05, 0) is 31.9 Å². The molecule has 1 aromatic rings. The van der Waals surface area contributed by atoms with Crippen LogP contribution in [0.3, 0.4) is 0 Å². The fraction of sp³-hybridized carbons (Fsp3) is 0.765. The summed E-state index contributed by atoms with van der Waals surface area (Å²) < 4.78 is 2.09. The van der Waals surface area contributed by atoms with Crippen molar-refractivity contribution in [2.24, 2.45) is 0 Å². The molecule has 0 unspecified atom stereocenters. The molecular weight excluding hydrogens is 262 g/mol. The lowest BCUT2D eigenvalue weighted by molar-refractivity contribution is -0.118. The summed E-state index contributed by atoms with van der Waals surface area (Å²) >= 11 is 0. The predicted octanol–water partition coefficient (Wildman–Crippen LogP) is 3.28. The molecule has 4 nitrogen and oxygen atoms in total. The van der Waals surface area contributed by atoms with E-state index in [0.717, 1.165) is 18.7 Å². The second kappa shape index (κ2) is 8.32. The summed E-state index contributed by atoms with van der Waals surface area (Å²) in [5.41, 5.74) is 0.933. The van der Waals surface area contributed by atoms with Crippen LogP contribution in [0.25, 0.3) is 0 Å². The smallest absolute Gasteiger partial charge is 0.138 e. The van der Waals surface area contributed by atoms with Crippen molar-refractivity contribution < 1.29 is 4.79 Å². The topological polar surface area (TPSA) is 46.9 Å². The maximum atomic E-state index is 12.0. The molecule has 4 heteroatoms. The normalized spacial score (nSPS) is 16.5. The van der Waals surface area contributed by atoms with Crippen molar-refractivity contribution in [3.8, 4) is 0 Å². The van der Waals surface area contributed by atoms with Crippen molar-refractivity contribution in [1.29, 1.82) is 0 Å². The summed E-state index contributed by atoms with van der Waals surface area (Å²) in [5, 5.41) is 7.95. The molecular formula is C17H29N3O. The van der Waals surface area contributed by atoms with Gasteiger partial charge in [-0.25, -0.2) is 0 Å². The molecule has 0 atom stereocenters. The molecule has 1 aromatic heterocycles. The Balaban J connectivity index is 1.72. The molecule has 1 heterocycles. The minimum Gasteiger partial charge on any atom is -0.315 e. The molecule has 1 aliphatic rings. The average Bonchev–Trinajstić information content (AvgIpc) is 2.93. The third-order valence-corrected chi connectivity index (χ3v) is 4.18. The predicted molar refractivity (Wildman–Crippen MR) is 85.4 cm³/mol. The van der Waals surface area contributed by atoms with Crippen molar-refractivity contribution in [2.45, 2.75) is 77.3 Å². The first-order valence-corrected chi connectivity index (χ1v) is 8.44. The van der Waals surface area contributed by atoms with Crippen LogP contribution in [-0.2, 0) is 11.2 Å². The molecule has 0 bridgehead atoms. The third kappa shape index (κ3) is 5.62. The van der Waals surface area contributed by atoms with E-state index in [2.05, 4.69) is 35.1 Å². The average molecular weight is 291 g/mol. The van der Waals surface area contributed by atoms with Gasteiger partial charge in [0.1, 0.15) is 5.78 Å². The number of carbonyl (C=O) groups is 1. The summed E-state index contributed by atoms with van der Waals surface area (Å²) in [7, 11) is 0. The molecule has 118 valence electrons. The van der Waals surface area contributed by atoms with E-state index < -0.39 is 0 Å². The number of nitrogens with one attached hydrogen (secondary N) is 1. The van der Waals surface area contributed by atoms with Crippen LogP contribution in [0.1, 0.15) is 70.5 Å². The van der Waals surface area contributed by atoms with E-state index in [1.165, 1.54) is 32.1 Å². The summed E-state index contributed by atoms with van der Waals surface area (Å²) in [6.45, 7) is 5.17. The van der Waals surface area contributed by atoms with Crippen LogP contribution in [0.5, 0.6) is 0 Å². The fourth-order valence-corrected chi connectivity index (χ4v) is 2.99. The van der Waals surface area contributed by atoms with E-state index in [0.29, 0.717) is 30.7 Å². The Labute approximate surface area is 128 Å². The standard InChI is InChI=1S/C17H29N3O/c1-14(2)18-11-6-9-17(21)13-15-10-12-20(19-15)16-7-4-3-5-8-16/h10,12,14,16,18H,3-9,11,13H2,1-2H3. The Morgan fingerprint density at radius 2 is 2.14 bits per heavy atom. The van der Waals surface area contributed by atoms with Crippen molar-refractivity contribution in [3.63, 3.8) is 0 Å². The van der Waals surface area contributed by atoms with Gasteiger partial charge >= 0.3 is 0 Å². The summed E-state index contributed by atoms with van der Waals surface area (Å²) in [5.74, 6) is 0.300. The van der Waals surface area contributed by atoms with E-state index in [1.807, 2.05) is 6.07 Å². The molecule has 21 heavy (non-hydrogen) atoms. The number of nitrogens with zero attached hydrogens (tertiary/aromatic N) is 2. The van der Waals surface area contributed by atoms with Crippen LogP contribution >= 0.6 is 0 Å². The third-order valence-electron chi connectivity index (χ3n) is 4.18. The Bertz CT molecular complexity index is 433. The molecule has 1 aliphatic carbocycles. The van der Waals surface area contributed by atoms with Crippen LogP contribution in [0.4, 0.5) is 0 Å². The highest BCUT2D eigenvalue weighted by Crippen LogP contribution is 2.27. The van der Waals surface area contributed by atoms with Crippen LogP contribution < -0.4 is 5.32 Å². The van der Waals surface area contributed by atoms with Crippen molar-refractivity contribution in [2.75, 3.05) is 6.54 Å². The van der Waals surface area contributed by atoms with Crippen LogP contribution in [0.15, 0.2) is 12.3 Å². The van der Waals surface area contributed by atoms with Gasteiger partial charge in [-0.1, -0.05) is 33.1 Å². The van der Waals surface area contributed by atoms with Crippen molar-refractivity contribution in [1.82, 2.24) is 15.1 Å². The first-order valence-electron chi connectivity index (χ1n) is 8.44. The molecule has 0 amide bonds. The lowest BCUT2D eigenvalue weighted by atomic mass is 9.96. The van der Waals surface area contributed by atoms with Gasteiger partial charge in [0.15, 0.2) is 0 Å². The number of ketones is 1. The fourth-order valence-electron chi connectivity index (χ4n) is 2.99. The van der Waals surface area contributed by atoms with E-state index >= 15 is 0 Å². The number of rotatable bonds is 8. The second-order valence-corrected chi connectivity index (χ2v) is 6.51. The van der Waals surface area contributed by atoms with Gasteiger partial charge in [-0.2, -0.15) is 5.10 Å². The highest BCUT2D eigenvalue weighted by molar-refractivity contribution is 5.80. The monoisotopic (exact) mass is 291 g/mol. The van der Waals surface area contributed by atoms with E-state index in [9.17, 15) is 4.79 Å². The second-order valence-electron chi connectivity index (χ2n) is 6.51. The Morgan fingerprint density at radius 3 is 2.86 bits per heavy atom. The van der Waals surface area contributed by atoms with E-state index in [1.54, 1.807) is 0 Å². The minimum absolute atomic E-state index is 0.300. The maximum Gasteiger partial charge on any atom is 0.138 e. The number of carbonyl (C=O) groups excluding carboxylic acids is 1. The van der Waals surface area contributed by atoms with Crippen LogP contribution in [0.2, 0.25) is 0 Å². The first kappa shape index (κ1) is 16.2. The zero-order chi connectivity index (χ0) is 15.1. The molecule has 0 aliphatic heterocycles. The van der Waals surface area contributed by atoms with Crippen LogP contribution in [-0.4, -0.2) is 28.2 Å². The van der Waals surface area contributed by atoms with Gasteiger partial charge < -0.3 is 5.32 Å². The van der Waals surface area contributed by atoms with Gasteiger partial charge in [-0.3, -0.25) is 9.48 Å². The van der Waals surface area contributed by atoms with Crippen molar-refractivity contribution >= 4 is 5.78 Å². The lowest BCUT2D eigenvalue weighted by Crippen LogP contribution is -2.24. The lowest BCUT2D eigenvalue weighted by Gasteiger charge is -2.21. The summed E-state index contributed by atoms with van der Waals surface area (Å²) in [4.78, 5) is 12.0. The minimum atomic E-state index is 0.300. The number of hydrogen-bond acceptors (Lipinski definition) is 3. The van der Waals surface area contributed by atoms with Gasteiger partial charge in [0, 0.05) is 18.7 Å². The highest BCUT2D eigenvalue weighted by Gasteiger charge is 2.16. The van der Waals surface area contributed by atoms with E-state index in [-0.39, 0.29) is 0 Å². The number of aromatic nitrogens is 2. The largest absolute Gasteiger partial charge is 0.315 e. The molecule has 1 saturated carbocycles. The van der Waals surface area contributed by atoms with Crippen molar-refractivity contribution in [3.05, 3.63) is 18.0 Å². The Morgan fingerprint density at radius 1 is 1.38 bits per heavy atom. The summed E-state index contributed by atoms with van der Waals surface area (Å²) in [6.07, 6.45) is 10.5. The Kier molecular flexibility index (Phi) is 6.43. The molecule has 0 saturated heterocycles. The first-order chi connectivity index (χ1) is 10.1. The zero-order valence-electron chi connectivity index (χ0n) is 13.5. The van der Waals surface area contributed by atoms with Gasteiger partial charge in [0.05, 0.1) is 18.2 Å². The summed E-state index contributed by atoms with van der Waals surface area (Å²) in [6, 6.07) is 3.06. The number of hydrogen-bond donors (Lipinski definition) is 1. The van der Waals surface area contributed by atoms with Gasteiger partial charge in [0.2, 0.25) is 0 Å². The molecule has 1 fully saturated rings. The number of Topliss-reactive ketones (excluding diaryl/α,β-unsaturated/α-hetero) is 1. The van der Waals surface area contributed by atoms with Gasteiger partial charge in [0.25, 0.3) is 0 Å². The maximum absolute atomic E-state index is 12.0. The SMILES string of the molecule is CC(C)NCCCC(=O)Cc1ccn(C2CCCCC2)n1.